The molecule has 1 amide bonds. The molecule has 0 atom stereocenters. The number of carbonyl (C=O) groups is 1. The molecule has 0 bridgehead atoms. The Balaban J connectivity index is 2.85. The van der Waals surface area contributed by atoms with E-state index < -0.39 is 0 Å². The molecular formula is C12H15BrN2O. The molecule has 86 valence electrons. The van der Waals surface area contributed by atoms with Crippen LogP contribution in [0.25, 0.3) is 0 Å². The summed E-state index contributed by atoms with van der Waals surface area (Å²) in [6.45, 7) is 7.03. The largest absolute Gasteiger partial charge is 0.335 e. The first-order chi connectivity index (χ1) is 7.69. The zero-order valence-electron chi connectivity index (χ0n) is 9.32. The van der Waals surface area contributed by atoms with Crippen molar-refractivity contribution < 1.29 is 4.79 Å². The van der Waals surface area contributed by atoms with Gasteiger partial charge < -0.3 is 4.90 Å². The molecule has 0 aliphatic carbocycles. The van der Waals surface area contributed by atoms with Gasteiger partial charge >= 0.3 is 0 Å². The predicted molar refractivity (Wildman–Crippen MR) is 68.3 cm³/mol. The summed E-state index contributed by atoms with van der Waals surface area (Å²) in [4.78, 5) is 17.9. The Kier molecular flexibility index (Phi) is 5.19. The molecule has 0 spiro atoms. The van der Waals surface area contributed by atoms with Crippen molar-refractivity contribution in [1.82, 2.24) is 9.88 Å². The van der Waals surface area contributed by atoms with Crippen molar-refractivity contribution in [3.8, 4) is 0 Å². The molecule has 1 rings (SSSR count). The Labute approximate surface area is 104 Å². The van der Waals surface area contributed by atoms with Gasteiger partial charge in [-0.2, -0.15) is 0 Å². The third kappa shape index (κ3) is 3.45. The Bertz CT molecular complexity index is 379. The second kappa shape index (κ2) is 6.43. The molecule has 4 heteroatoms. The van der Waals surface area contributed by atoms with Crippen LogP contribution in [0.2, 0.25) is 0 Å². The number of nitrogens with zero attached hydrogens (tertiary/aromatic N) is 2. The normalized spacial score (nSPS) is 9.88. The van der Waals surface area contributed by atoms with Crippen LogP contribution in [0.3, 0.4) is 0 Å². The fraction of sp³-hybridized carbons (Fsp3) is 0.333. The third-order valence-electron chi connectivity index (χ3n) is 2.10. The van der Waals surface area contributed by atoms with E-state index >= 15 is 0 Å². The smallest absolute Gasteiger partial charge is 0.254 e. The zero-order valence-corrected chi connectivity index (χ0v) is 10.9. The molecule has 0 saturated heterocycles. The van der Waals surface area contributed by atoms with Crippen LogP contribution in [-0.4, -0.2) is 28.9 Å². The van der Waals surface area contributed by atoms with Crippen LogP contribution >= 0.6 is 15.9 Å². The van der Waals surface area contributed by atoms with Gasteiger partial charge in [-0.15, -0.1) is 6.58 Å². The quantitative estimate of drug-likeness (QED) is 0.615. The summed E-state index contributed by atoms with van der Waals surface area (Å²) in [6.07, 6.45) is 4.30. The highest BCUT2D eigenvalue weighted by Crippen LogP contribution is 2.11. The van der Waals surface area contributed by atoms with Crippen molar-refractivity contribution in [1.29, 1.82) is 0 Å². The van der Waals surface area contributed by atoms with E-state index in [1.165, 1.54) is 0 Å². The van der Waals surface area contributed by atoms with E-state index in [1.807, 2.05) is 6.92 Å². The SMILES string of the molecule is C=CCN(CCC)C(=O)c1ccnc(Br)c1. The monoisotopic (exact) mass is 282 g/mol. The van der Waals surface area contributed by atoms with Gasteiger partial charge in [-0.1, -0.05) is 13.0 Å². The minimum absolute atomic E-state index is 0.0184. The second-order valence-electron chi connectivity index (χ2n) is 3.41. The van der Waals surface area contributed by atoms with Crippen LogP contribution in [-0.2, 0) is 0 Å². The summed E-state index contributed by atoms with van der Waals surface area (Å²) in [7, 11) is 0. The molecule has 16 heavy (non-hydrogen) atoms. The number of carbonyl (C=O) groups excluding carboxylic acids is 1. The highest BCUT2D eigenvalue weighted by molar-refractivity contribution is 9.10. The van der Waals surface area contributed by atoms with Crippen LogP contribution in [0.15, 0.2) is 35.6 Å². The molecular weight excluding hydrogens is 268 g/mol. The van der Waals surface area contributed by atoms with Crippen LogP contribution in [0.5, 0.6) is 0 Å². The Morgan fingerprint density at radius 2 is 2.44 bits per heavy atom. The van der Waals surface area contributed by atoms with Crippen molar-refractivity contribution >= 4 is 21.8 Å². The van der Waals surface area contributed by atoms with Gasteiger partial charge in [0.05, 0.1) is 0 Å². The lowest BCUT2D eigenvalue weighted by Gasteiger charge is -2.20. The first-order valence-corrected chi connectivity index (χ1v) is 6.00. The fourth-order valence-corrected chi connectivity index (χ4v) is 1.78. The maximum absolute atomic E-state index is 12.1. The average molecular weight is 283 g/mol. The lowest BCUT2D eigenvalue weighted by atomic mass is 10.2. The van der Waals surface area contributed by atoms with E-state index in [0.717, 1.165) is 13.0 Å². The predicted octanol–water partition coefficient (Wildman–Crippen LogP) is 2.88. The first kappa shape index (κ1) is 12.9. The van der Waals surface area contributed by atoms with Gasteiger partial charge in [-0.05, 0) is 34.5 Å². The summed E-state index contributed by atoms with van der Waals surface area (Å²) in [5.41, 5.74) is 0.650. The Morgan fingerprint density at radius 1 is 1.69 bits per heavy atom. The maximum Gasteiger partial charge on any atom is 0.254 e. The molecule has 1 heterocycles. The maximum atomic E-state index is 12.1. The third-order valence-corrected chi connectivity index (χ3v) is 2.54. The van der Waals surface area contributed by atoms with Crippen LogP contribution in [0.1, 0.15) is 23.7 Å². The summed E-state index contributed by atoms with van der Waals surface area (Å²) in [5, 5.41) is 0. The number of amides is 1. The molecule has 0 aromatic carbocycles. The summed E-state index contributed by atoms with van der Waals surface area (Å²) in [5.74, 6) is 0.0184. The zero-order chi connectivity index (χ0) is 12.0. The molecule has 0 saturated carbocycles. The van der Waals surface area contributed by atoms with Gasteiger partial charge in [-0.3, -0.25) is 4.79 Å². The van der Waals surface area contributed by atoms with Crippen molar-refractivity contribution in [3.05, 3.63) is 41.2 Å². The highest BCUT2D eigenvalue weighted by Gasteiger charge is 2.13. The van der Waals surface area contributed by atoms with Gasteiger partial charge in [0.2, 0.25) is 0 Å². The van der Waals surface area contributed by atoms with Gasteiger partial charge in [0.25, 0.3) is 5.91 Å². The van der Waals surface area contributed by atoms with Gasteiger partial charge in [0, 0.05) is 24.8 Å². The van der Waals surface area contributed by atoms with Crippen LogP contribution < -0.4 is 0 Å². The van der Waals surface area contributed by atoms with Crippen molar-refractivity contribution in [2.24, 2.45) is 0 Å². The minimum atomic E-state index is 0.0184. The van der Waals surface area contributed by atoms with E-state index in [1.54, 1.807) is 29.3 Å². The molecule has 0 unspecified atom stereocenters. The Hall–Kier alpha value is -1.16. The van der Waals surface area contributed by atoms with E-state index in [9.17, 15) is 4.79 Å². The number of hydrogen-bond donors (Lipinski definition) is 0. The molecule has 0 radical (unpaired) electrons. The minimum Gasteiger partial charge on any atom is -0.335 e. The Morgan fingerprint density at radius 3 is 3.00 bits per heavy atom. The van der Waals surface area contributed by atoms with E-state index in [0.29, 0.717) is 16.7 Å². The van der Waals surface area contributed by atoms with Crippen molar-refractivity contribution in [2.75, 3.05) is 13.1 Å². The van der Waals surface area contributed by atoms with E-state index in [4.69, 9.17) is 0 Å². The lowest BCUT2D eigenvalue weighted by molar-refractivity contribution is 0.0774. The number of aromatic nitrogens is 1. The molecule has 0 aliphatic heterocycles. The number of hydrogen-bond acceptors (Lipinski definition) is 2. The number of rotatable bonds is 5. The molecule has 1 aromatic rings. The number of halogens is 1. The van der Waals surface area contributed by atoms with Gasteiger partial charge in [-0.25, -0.2) is 4.98 Å². The molecule has 0 aliphatic rings. The van der Waals surface area contributed by atoms with Crippen molar-refractivity contribution in [3.63, 3.8) is 0 Å². The summed E-state index contributed by atoms with van der Waals surface area (Å²) >= 11 is 3.26. The van der Waals surface area contributed by atoms with E-state index in [2.05, 4.69) is 27.5 Å². The average Bonchev–Trinajstić information content (AvgIpc) is 2.28. The highest BCUT2D eigenvalue weighted by atomic mass is 79.9. The molecule has 0 fully saturated rings. The topological polar surface area (TPSA) is 33.2 Å². The second-order valence-corrected chi connectivity index (χ2v) is 4.22. The molecule has 3 nitrogen and oxygen atoms in total. The van der Waals surface area contributed by atoms with E-state index in [-0.39, 0.29) is 5.91 Å². The van der Waals surface area contributed by atoms with Crippen molar-refractivity contribution in [2.45, 2.75) is 13.3 Å². The van der Waals surface area contributed by atoms with Crippen LogP contribution in [0.4, 0.5) is 0 Å². The molecule has 1 aromatic heterocycles. The van der Waals surface area contributed by atoms with Gasteiger partial charge in [0.1, 0.15) is 4.60 Å². The summed E-state index contributed by atoms with van der Waals surface area (Å²) < 4.78 is 0.674. The lowest BCUT2D eigenvalue weighted by Crippen LogP contribution is -2.31. The number of pyridine rings is 1. The summed E-state index contributed by atoms with van der Waals surface area (Å²) in [6, 6.07) is 3.45. The fourth-order valence-electron chi connectivity index (χ4n) is 1.42. The molecule has 0 N–H and O–H groups in total. The van der Waals surface area contributed by atoms with Crippen LogP contribution in [0, 0.1) is 0 Å². The first-order valence-electron chi connectivity index (χ1n) is 5.20. The standard InChI is InChI=1S/C12H15BrN2O/c1-3-7-15(8-4-2)12(16)10-5-6-14-11(13)9-10/h3,5-6,9H,1,4,7-8H2,2H3. The van der Waals surface area contributed by atoms with Gasteiger partial charge in [0.15, 0.2) is 0 Å².